The van der Waals surface area contributed by atoms with Crippen LogP contribution in [0.3, 0.4) is 0 Å². The molecule has 0 saturated carbocycles. The van der Waals surface area contributed by atoms with Gasteiger partial charge in [0.2, 0.25) is 5.91 Å². The van der Waals surface area contributed by atoms with Crippen LogP contribution >= 0.6 is 11.3 Å². The Labute approximate surface area is 112 Å². The normalized spacial score (nSPS) is 11.4. The SMILES string of the molecule is CCS(=O)c1sc(C#N)c(N(C)C(C)=O)c1C#N. The van der Waals surface area contributed by atoms with Crippen molar-refractivity contribution >= 4 is 33.7 Å². The fourth-order valence-corrected chi connectivity index (χ4v) is 3.76. The molecular weight excluding hydrogens is 270 g/mol. The Morgan fingerprint density at radius 3 is 2.44 bits per heavy atom. The van der Waals surface area contributed by atoms with Gasteiger partial charge in [-0.3, -0.25) is 9.00 Å². The van der Waals surface area contributed by atoms with E-state index in [4.69, 9.17) is 10.5 Å². The monoisotopic (exact) mass is 281 g/mol. The zero-order valence-electron chi connectivity index (χ0n) is 10.2. The molecule has 94 valence electrons. The number of nitrogens with zero attached hydrogens (tertiary/aromatic N) is 3. The van der Waals surface area contributed by atoms with Gasteiger partial charge in [-0.25, -0.2) is 0 Å². The van der Waals surface area contributed by atoms with Crippen molar-refractivity contribution in [3.63, 3.8) is 0 Å². The predicted molar refractivity (Wildman–Crippen MR) is 69.8 cm³/mol. The van der Waals surface area contributed by atoms with E-state index < -0.39 is 10.8 Å². The fourth-order valence-electron chi connectivity index (χ4n) is 1.35. The van der Waals surface area contributed by atoms with Gasteiger partial charge in [-0.1, -0.05) is 6.92 Å². The minimum absolute atomic E-state index is 0.162. The molecule has 7 heteroatoms. The van der Waals surface area contributed by atoms with Crippen molar-refractivity contribution in [3.05, 3.63) is 10.4 Å². The van der Waals surface area contributed by atoms with E-state index in [1.165, 1.54) is 18.9 Å². The van der Waals surface area contributed by atoms with Crippen LogP contribution in [0.5, 0.6) is 0 Å². The number of hydrogen-bond acceptors (Lipinski definition) is 5. The molecule has 1 rings (SSSR count). The van der Waals surface area contributed by atoms with Crippen LogP contribution in [-0.4, -0.2) is 22.9 Å². The summed E-state index contributed by atoms with van der Waals surface area (Å²) in [6, 6.07) is 3.89. The second-order valence-electron chi connectivity index (χ2n) is 3.38. The third-order valence-electron chi connectivity index (χ3n) is 2.34. The largest absolute Gasteiger partial charge is 0.313 e. The van der Waals surface area contributed by atoms with Crippen molar-refractivity contribution in [2.75, 3.05) is 17.7 Å². The molecule has 0 aliphatic heterocycles. The van der Waals surface area contributed by atoms with Crippen molar-refractivity contribution in [2.24, 2.45) is 0 Å². The number of anilines is 1. The number of amides is 1. The van der Waals surface area contributed by atoms with Crippen molar-refractivity contribution in [1.29, 1.82) is 10.5 Å². The van der Waals surface area contributed by atoms with Crippen molar-refractivity contribution in [2.45, 2.75) is 18.1 Å². The minimum atomic E-state index is -1.32. The number of nitriles is 2. The Morgan fingerprint density at radius 1 is 1.44 bits per heavy atom. The Bertz CT molecular complexity index is 593. The molecule has 5 nitrogen and oxygen atoms in total. The zero-order valence-corrected chi connectivity index (χ0v) is 11.8. The molecule has 0 saturated heterocycles. The standard InChI is InChI=1S/C11H11N3O2S2/c1-4-18(16)11-8(5-12)10(9(6-13)17-11)14(3)7(2)15/h4H2,1-3H3. The van der Waals surface area contributed by atoms with E-state index in [1.807, 2.05) is 12.1 Å². The van der Waals surface area contributed by atoms with E-state index in [9.17, 15) is 9.00 Å². The average molecular weight is 281 g/mol. The van der Waals surface area contributed by atoms with Crippen LogP contribution in [0.1, 0.15) is 24.3 Å². The maximum absolute atomic E-state index is 11.8. The van der Waals surface area contributed by atoms with Crippen LogP contribution in [0.2, 0.25) is 0 Å². The maximum Gasteiger partial charge on any atom is 0.223 e. The van der Waals surface area contributed by atoms with Crippen LogP contribution in [0.25, 0.3) is 0 Å². The summed E-state index contributed by atoms with van der Waals surface area (Å²) in [4.78, 5) is 12.8. The molecule has 18 heavy (non-hydrogen) atoms. The molecule has 1 unspecified atom stereocenters. The van der Waals surface area contributed by atoms with Gasteiger partial charge in [0.1, 0.15) is 26.8 Å². The molecule has 1 aromatic heterocycles. The highest BCUT2D eigenvalue weighted by Crippen LogP contribution is 2.37. The van der Waals surface area contributed by atoms with Gasteiger partial charge < -0.3 is 4.90 Å². The van der Waals surface area contributed by atoms with Gasteiger partial charge in [0, 0.05) is 19.7 Å². The molecule has 0 fully saturated rings. The van der Waals surface area contributed by atoms with Gasteiger partial charge in [0.25, 0.3) is 0 Å². The highest BCUT2D eigenvalue weighted by atomic mass is 32.2. The summed E-state index contributed by atoms with van der Waals surface area (Å²) in [5, 5.41) is 18.2. The quantitative estimate of drug-likeness (QED) is 0.842. The van der Waals surface area contributed by atoms with Gasteiger partial charge >= 0.3 is 0 Å². The van der Waals surface area contributed by atoms with E-state index in [0.717, 1.165) is 11.3 Å². The molecule has 1 aromatic rings. The number of hydrogen-bond donors (Lipinski definition) is 0. The first kappa shape index (κ1) is 14.4. The van der Waals surface area contributed by atoms with Crippen LogP contribution in [0.15, 0.2) is 4.21 Å². The lowest BCUT2D eigenvalue weighted by molar-refractivity contribution is -0.116. The average Bonchev–Trinajstić information content (AvgIpc) is 2.74. The first-order valence-corrected chi connectivity index (χ1v) is 7.21. The van der Waals surface area contributed by atoms with E-state index in [2.05, 4.69) is 0 Å². The summed E-state index contributed by atoms with van der Waals surface area (Å²) in [6.45, 7) is 3.08. The number of rotatable bonds is 3. The second-order valence-corrected chi connectivity index (χ2v) is 6.33. The summed E-state index contributed by atoms with van der Waals surface area (Å²) >= 11 is 1.01. The van der Waals surface area contributed by atoms with Gasteiger partial charge in [-0.2, -0.15) is 10.5 Å². The predicted octanol–water partition coefficient (Wildman–Crippen LogP) is 1.60. The highest BCUT2D eigenvalue weighted by molar-refractivity contribution is 7.87. The third kappa shape index (κ3) is 2.42. The van der Waals surface area contributed by atoms with Crippen LogP contribution < -0.4 is 4.90 Å². The Balaban J connectivity index is 3.56. The second kappa shape index (κ2) is 5.76. The molecule has 0 aliphatic carbocycles. The molecule has 0 radical (unpaired) electrons. The topological polar surface area (TPSA) is 85.0 Å². The van der Waals surface area contributed by atoms with Crippen LogP contribution in [-0.2, 0) is 15.6 Å². The first-order valence-electron chi connectivity index (χ1n) is 5.07. The van der Waals surface area contributed by atoms with Crippen molar-refractivity contribution in [1.82, 2.24) is 0 Å². The molecular formula is C11H11N3O2S2. The molecule has 1 atom stereocenters. The van der Waals surface area contributed by atoms with E-state index >= 15 is 0 Å². The number of carbonyl (C=O) groups is 1. The summed E-state index contributed by atoms with van der Waals surface area (Å²) in [6.07, 6.45) is 0. The van der Waals surface area contributed by atoms with E-state index in [1.54, 1.807) is 6.92 Å². The lowest BCUT2D eigenvalue weighted by Crippen LogP contribution is -2.24. The fraction of sp³-hybridized carbons (Fsp3) is 0.364. The van der Waals surface area contributed by atoms with E-state index in [0.29, 0.717) is 9.96 Å². The van der Waals surface area contributed by atoms with Crippen molar-refractivity contribution < 1.29 is 9.00 Å². The maximum atomic E-state index is 11.8. The molecule has 0 bridgehead atoms. The Hall–Kier alpha value is -1.70. The lowest BCUT2D eigenvalue weighted by atomic mass is 10.2. The van der Waals surface area contributed by atoms with E-state index in [-0.39, 0.29) is 22.0 Å². The van der Waals surface area contributed by atoms with Gasteiger partial charge in [-0.05, 0) is 0 Å². The smallest absolute Gasteiger partial charge is 0.223 e. The molecule has 1 amide bonds. The van der Waals surface area contributed by atoms with Crippen LogP contribution in [0, 0.1) is 22.7 Å². The molecule has 0 N–H and O–H groups in total. The first-order chi connectivity index (χ1) is 8.47. The zero-order chi connectivity index (χ0) is 13.9. The number of carbonyl (C=O) groups excluding carboxylic acids is 1. The third-order valence-corrected chi connectivity index (χ3v) is 5.17. The highest BCUT2D eigenvalue weighted by Gasteiger charge is 2.25. The van der Waals surface area contributed by atoms with Gasteiger partial charge in [0.05, 0.1) is 16.5 Å². The summed E-state index contributed by atoms with van der Waals surface area (Å²) < 4.78 is 12.2. The molecule has 1 heterocycles. The minimum Gasteiger partial charge on any atom is -0.313 e. The Morgan fingerprint density at radius 2 is 2.06 bits per heavy atom. The van der Waals surface area contributed by atoms with Crippen LogP contribution in [0.4, 0.5) is 5.69 Å². The summed E-state index contributed by atoms with van der Waals surface area (Å²) in [5.41, 5.74) is 0.420. The summed E-state index contributed by atoms with van der Waals surface area (Å²) in [5.74, 6) is 0.0816. The molecule has 0 aliphatic rings. The number of thiophene rings is 1. The Kier molecular flexibility index (Phi) is 4.60. The van der Waals surface area contributed by atoms with Gasteiger partial charge in [0.15, 0.2) is 0 Å². The van der Waals surface area contributed by atoms with Crippen molar-refractivity contribution in [3.8, 4) is 12.1 Å². The summed E-state index contributed by atoms with van der Waals surface area (Å²) in [7, 11) is 0.175. The molecule has 0 aromatic carbocycles. The lowest BCUT2D eigenvalue weighted by Gasteiger charge is -2.14. The molecule has 0 spiro atoms. The van der Waals surface area contributed by atoms with Gasteiger partial charge in [-0.15, -0.1) is 11.3 Å².